The highest BCUT2D eigenvalue weighted by Crippen LogP contribution is 2.29. The lowest BCUT2D eigenvalue weighted by atomic mass is 10.1. The number of benzene rings is 1. The van der Waals surface area contributed by atoms with Crippen molar-refractivity contribution in [3.8, 4) is 11.3 Å². The van der Waals surface area contributed by atoms with Gasteiger partial charge in [-0.05, 0) is 13.8 Å². The summed E-state index contributed by atoms with van der Waals surface area (Å²) in [5.41, 5.74) is 1.82. The van der Waals surface area contributed by atoms with Crippen LogP contribution in [0.1, 0.15) is 21.6 Å². The molecule has 0 bridgehead atoms. The zero-order valence-electron chi connectivity index (χ0n) is 13.1. The zero-order chi connectivity index (χ0) is 14.8. The Morgan fingerprint density at radius 2 is 2.00 bits per heavy atom. The number of amides is 1. The number of aryl methyl sites for hydroxylation is 1. The summed E-state index contributed by atoms with van der Waals surface area (Å²) >= 11 is 1.49. The summed E-state index contributed by atoms with van der Waals surface area (Å²) in [6, 6.07) is 10.3. The summed E-state index contributed by atoms with van der Waals surface area (Å²) in [4.78, 5) is 20.1. The number of piperazine rings is 1. The molecule has 4 nitrogen and oxygen atoms in total. The Balaban J connectivity index is 0.00000132. The minimum absolute atomic E-state index is 0. The molecule has 1 atom stereocenters. The van der Waals surface area contributed by atoms with Crippen molar-refractivity contribution in [2.24, 2.45) is 0 Å². The molecule has 1 aliphatic heterocycles. The average Bonchev–Trinajstić information content (AvgIpc) is 2.89. The monoisotopic (exact) mass is 373 g/mol. The van der Waals surface area contributed by atoms with Gasteiger partial charge in [-0.25, -0.2) is 4.98 Å². The SMILES string of the molecule is Cc1nc(-c2ccccc2)c(C(=O)N2CCNC(C)C2)s1.Cl.Cl. The number of thiazole rings is 1. The molecule has 23 heavy (non-hydrogen) atoms. The number of carbonyl (C=O) groups is 1. The van der Waals surface area contributed by atoms with E-state index in [0.717, 1.165) is 40.8 Å². The van der Waals surface area contributed by atoms with Crippen LogP contribution in [0.2, 0.25) is 0 Å². The van der Waals surface area contributed by atoms with Crippen molar-refractivity contribution in [2.45, 2.75) is 19.9 Å². The highest BCUT2D eigenvalue weighted by atomic mass is 35.5. The second kappa shape index (κ2) is 8.64. The van der Waals surface area contributed by atoms with Crippen molar-refractivity contribution >= 4 is 42.1 Å². The van der Waals surface area contributed by atoms with Gasteiger partial charge in [-0.15, -0.1) is 36.2 Å². The topological polar surface area (TPSA) is 45.2 Å². The first-order valence-electron chi connectivity index (χ1n) is 7.20. The third-order valence-corrected chi connectivity index (χ3v) is 4.59. The number of halogens is 2. The minimum Gasteiger partial charge on any atom is -0.335 e. The number of nitrogens with one attached hydrogen (secondary N) is 1. The van der Waals surface area contributed by atoms with E-state index in [1.54, 1.807) is 0 Å². The molecular formula is C16H21Cl2N3OS. The van der Waals surface area contributed by atoms with E-state index in [1.165, 1.54) is 11.3 Å². The van der Waals surface area contributed by atoms with Crippen molar-refractivity contribution in [3.05, 3.63) is 40.2 Å². The van der Waals surface area contributed by atoms with Gasteiger partial charge in [0.1, 0.15) is 4.88 Å². The van der Waals surface area contributed by atoms with Gasteiger partial charge < -0.3 is 10.2 Å². The molecule has 0 spiro atoms. The summed E-state index contributed by atoms with van der Waals surface area (Å²) in [6.07, 6.45) is 0. The number of rotatable bonds is 2. The molecule has 0 saturated carbocycles. The van der Waals surface area contributed by atoms with E-state index in [0.29, 0.717) is 6.04 Å². The van der Waals surface area contributed by atoms with Crippen LogP contribution in [-0.2, 0) is 0 Å². The first-order chi connectivity index (χ1) is 10.1. The summed E-state index contributed by atoms with van der Waals surface area (Å²) < 4.78 is 0. The fraction of sp³-hybridized carbons (Fsp3) is 0.375. The van der Waals surface area contributed by atoms with Crippen LogP contribution in [0.15, 0.2) is 30.3 Å². The molecule has 2 aromatic rings. The molecule has 3 rings (SSSR count). The molecule has 1 unspecified atom stereocenters. The molecule has 1 N–H and O–H groups in total. The van der Waals surface area contributed by atoms with Crippen LogP contribution >= 0.6 is 36.2 Å². The molecule has 0 aliphatic carbocycles. The smallest absolute Gasteiger partial charge is 0.266 e. The Morgan fingerprint density at radius 3 is 2.65 bits per heavy atom. The van der Waals surface area contributed by atoms with Gasteiger partial charge >= 0.3 is 0 Å². The standard InChI is InChI=1S/C16H19N3OS.2ClH/c1-11-10-19(9-8-17-11)16(20)15-14(18-12(2)21-15)13-6-4-3-5-7-13;;/h3-7,11,17H,8-10H2,1-2H3;2*1H. The third-order valence-electron chi connectivity index (χ3n) is 3.63. The lowest BCUT2D eigenvalue weighted by molar-refractivity contribution is 0.0714. The minimum atomic E-state index is 0. The largest absolute Gasteiger partial charge is 0.335 e. The van der Waals surface area contributed by atoms with Crippen molar-refractivity contribution < 1.29 is 4.79 Å². The maximum absolute atomic E-state index is 12.8. The van der Waals surface area contributed by atoms with Crippen LogP contribution in [0.3, 0.4) is 0 Å². The van der Waals surface area contributed by atoms with Gasteiger partial charge in [0, 0.05) is 31.2 Å². The summed E-state index contributed by atoms with van der Waals surface area (Å²) in [7, 11) is 0. The van der Waals surface area contributed by atoms with Gasteiger partial charge in [0.15, 0.2) is 0 Å². The van der Waals surface area contributed by atoms with Gasteiger partial charge in [0.25, 0.3) is 5.91 Å². The van der Waals surface area contributed by atoms with Crippen LogP contribution in [0.5, 0.6) is 0 Å². The van der Waals surface area contributed by atoms with Gasteiger partial charge in [-0.2, -0.15) is 0 Å². The molecule has 1 aromatic carbocycles. The number of hydrogen-bond acceptors (Lipinski definition) is 4. The summed E-state index contributed by atoms with van der Waals surface area (Å²) in [6.45, 7) is 6.42. The van der Waals surface area contributed by atoms with E-state index in [-0.39, 0.29) is 30.7 Å². The van der Waals surface area contributed by atoms with Crippen LogP contribution in [0.4, 0.5) is 0 Å². The molecule has 1 aromatic heterocycles. The predicted octanol–water partition coefficient (Wildman–Crippen LogP) is 3.40. The quantitative estimate of drug-likeness (QED) is 0.877. The summed E-state index contributed by atoms with van der Waals surface area (Å²) in [5, 5.41) is 4.29. The molecule has 0 radical (unpaired) electrons. The number of aromatic nitrogens is 1. The van der Waals surface area contributed by atoms with E-state index in [2.05, 4.69) is 17.2 Å². The molecule has 7 heteroatoms. The van der Waals surface area contributed by atoms with E-state index in [4.69, 9.17) is 0 Å². The molecule has 2 heterocycles. The lowest BCUT2D eigenvalue weighted by Gasteiger charge is -2.31. The van der Waals surface area contributed by atoms with Crippen LogP contribution < -0.4 is 5.32 Å². The maximum Gasteiger partial charge on any atom is 0.266 e. The van der Waals surface area contributed by atoms with Crippen molar-refractivity contribution in [1.29, 1.82) is 0 Å². The zero-order valence-corrected chi connectivity index (χ0v) is 15.6. The Kier molecular flexibility index (Phi) is 7.48. The fourth-order valence-corrected chi connectivity index (χ4v) is 3.53. The first-order valence-corrected chi connectivity index (χ1v) is 8.02. The summed E-state index contributed by atoms with van der Waals surface area (Å²) in [5.74, 6) is 0.104. The Hall–Kier alpha value is -1.14. The fourth-order valence-electron chi connectivity index (χ4n) is 2.62. The van der Waals surface area contributed by atoms with Gasteiger partial charge in [-0.1, -0.05) is 30.3 Å². The average molecular weight is 374 g/mol. The van der Waals surface area contributed by atoms with Crippen molar-refractivity contribution in [1.82, 2.24) is 15.2 Å². The second-order valence-electron chi connectivity index (χ2n) is 5.38. The molecule has 1 amide bonds. The molecule has 1 fully saturated rings. The Labute approximate surface area is 153 Å². The van der Waals surface area contributed by atoms with E-state index in [1.807, 2.05) is 42.2 Å². The van der Waals surface area contributed by atoms with Gasteiger partial charge in [0.2, 0.25) is 0 Å². The molecular weight excluding hydrogens is 353 g/mol. The number of hydrogen-bond donors (Lipinski definition) is 1. The van der Waals surface area contributed by atoms with Crippen LogP contribution in [0.25, 0.3) is 11.3 Å². The Morgan fingerprint density at radius 1 is 1.30 bits per heavy atom. The Bertz CT molecular complexity index is 648. The highest BCUT2D eigenvalue weighted by Gasteiger charge is 2.26. The molecule has 1 aliphatic rings. The predicted molar refractivity (Wildman–Crippen MR) is 100 cm³/mol. The van der Waals surface area contributed by atoms with Gasteiger partial charge in [-0.3, -0.25) is 4.79 Å². The van der Waals surface area contributed by atoms with E-state index >= 15 is 0 Å². The third kappa shape index (κ3) is 4.44. The highest BCUT2D eigenvalue weighted by molar-refractivity contribution is 7.14. The molecule has 126 valence electrons. The van der Waals surface area contributed by atoms with Crippen molar-refractivity contribution in [3.63, 3.8) is 0 Å². The first kappa shape index (κ1) is 19.9. The lowest BCUT2D eigenvalue weighted by Crippen LogP contribution is -2.51. The number of nitrogens with zero attached hydrogens (tertiary/aromatic N) is 2. The van der Waals surface area contributed by atoms with E-state index < -0.39 is 0 Å². The van der Waals surface area contributed by atoms with Crippen molar-refractivity contribution in [2.75, 3.05) is 19.6 Å². The van der Waals surface area contributed by atoms with E-state index in [9.17, 15) is 4.79 Å². The number of carbonyl (C=O) groups excluding carboxylic acids is 1. The van der Waals surface area contributed by atoms with Gasteiger partial charge in [0.05, 0.1) is 10.7 Å². The molecule has 1 saturated heterocycles. The normalized spacial score (nSPS) is 17.1. The van der Waals surface area contributed by atoms with Crippen LogP contribution in [-0.4, -0.2) is 41.5 Å². The van der Waals surface area contributed by atoms with Crippen LogP contribution in [0, 0.1) is 6.92 Å². The second-order valence-corrected chi connectivity index (χ2v) is 6.59. The maximum atomic E-state index is 12.8.